The largest absolute Gasteiger partial charge is 0.376 e. The summed E-state index contributed by atoms with van der Waals surface area (Å²) in [7, 11) is 0. The second-order valence-corrected chi connectivity index (χ2v) is 6.46. The Labute approximate surface area is 125 Å². The normalized spacial score (nSPS) is 26.4. The molecule has 0 bridgehead atoms. The van der Waals surface area contributed by atoms with E-state index in [1.165, 1.54) is 12.8 Å². The van der Waals surface area contributed by atoms with Crippen LogP contribution >= 0.6 is 27.5 Å². The summed E-state index contributed by atoms with van der Waals surface area (Å²) in [4.78, 5) is 12.3. The van der Waals surface area contributed by atoms with Gasteiger partial charge in [0.05, 0.1) is 17.7 Å². The molecular formula is C14H15BrClNO2. The van der Waals surface area contributed by atoms with Gasteiger partial charge in [0.25, 0.3) is 5.91 Å². The van der Waals surface area contributed by atoms with E-state index in [4.69, 9.17) is 16.3 Å². The van der Waals surface area contributed by atoms with Crippen molar-refractivity contribution in [1.29, 1.82) is 0 Å². The molecule has 0 spiro atoms. The fourth-order valence-electron chi connectivity index (χ4n) is 2.57. The highest BCUT2D eigenvalue weighted by Gasteiger charge is 2.41. The van der Waals surface area contributed by atoms with Gasteiger partial charge in [-0.25, -0.2) is 0 Å². The van der Waals surface area contributed by atoms with E-state index in [9.17, 15) is 4.79 Å². The van der Waals surface area contributed by atoms with Gasteiger partial charge < -0.3 is 10.1 Å². The van der Waals surface area contributed by atoms with Gasteiger partial charge in [0.1, 0.15) is 0 Å². The van der Waals surface area contributed by atoms with Crippen LogP contribution in [-0.4, -0.2) is 24.7 Å². The second kappa shape index (κ2) is 5.43. The van der Waals surface area contributed by atoms with Crippen LogP contribution in [0, 0.1) is 5.92 Å². The molecule has 0 radical (unpaired) electrons. The zero-order chi connectivity index (χ0) is 13.4. The SMILES string of the molecule is O=C(NC1CCOC1C1CC1)c1cc(Cl)ccc1Br. The number of hydrogen-bond donors (Lipinski definition) is 1. The highest BCUT2D eigenvalue weighted by atomic mass is 79.9. The molecule has 5 heteroatoms. The summed E-state index contributed by atoms with van der Waals surface area (Å²) >= 11 is 9.33. The van der Waals surface area contributed by atoms with Gasteiger partial charge >= 0.3 is 0 Å². The lowest BCUT2D eigenvalue weighted by atomic mass is 10.1. The Bertz CT molecular complexity index is 504. The van der Waals surface area contributed by atoms with E-state index in [0.717, 1.165) is 17.5 Å². The number of nitrogens with one attached hydrogen (secondary N) is 1. The zero-order valence-electron chi connectivity index (χ0n) is 10.4. The van der Waals surface area contributed by atoms with Crippen LogP contribution in [0.2, 0.25) is 5.02 Å². The molecular weight excluding hydrogens is 330 g/mol. The summed E-state index contributed by atoms with van der Waals surface area (Å²) in [6.45, 7) is 0.739. The van der Waals surface area contributed by atoms with Crippen LogP contribution in [0.1, 0.15) is 29.6 Å². The van der Waals surface area contributed by atoms with Crippen LogP contribution in [0.15, 0.2) is 22.7 Å². The molecule has 1 aromatic carbocycles. The standard InChI is InChI=1S/C14H15BrClNO2/c15-11-4-3-9(16)7-10(11)14(18)17-12-5-6-19-13(12)8-1-2-8/h3-4,7-8,12-13H,1-2,5-6H2,(H,17,18). The smallest absolute Gasteiger partial charge is 0.252 e. The number of amides is 1. The molecule has 2 unspecified atom stereocenters. The van der Waals surface area contributed by atoms with Crippen molar-refractivity contribution < 1.29 is 9.53 Å². The van der Waals surface area contributed by atoms with E-state index < -0.39 is 0 Å². The minimum absolute atomic E-state index is 0.0875. The van der Waals surface area contributed by atoms with Gasteiger partial charge in [0.2, 0.25) is 0 Å². The van der Waals surface area contributed by atoms with E-state index in [-0.39, 0.29) is 18.1 Å². The molecule has 2 aliphatic rings. The highest BCUT2D eigenvalue weighted by Crippen LogP contribution is 2.38. The van der Waals surface area contributed by atoms with E-state index in [0.29, 0.717) is 16.5 Å². The van der Waals surface area contributed by atoms with Crippen LogP contribution in [0.25, 0.3) is 0 Å². The fraction of sp³-hybridized carbons (Fsp3) is 0.500. The van der Waals surface area contributed by atoms with E-state index in [1.807, 2.05) is 0 Å². The van der Waals surface area contributed by atoms with Crippen molar-refractivity contribution in [3.8, 4) is 0 Å². The lowest BCUT2D eigenvalue weighted by molar-refractivity contribution is 0.0729. The molecule has 3 rings (SSSR count). The van der Waals surface area contributed by atoms with Crippen LogP contribution in [0.4, 0.5) is 0 Å². The highest BCUT2D eigenvalue weighted by molar-refractivity contribution is 9.10. The maximum Gasteiger partial charge on any atom is 0.252 e. The van der Waals surface area contributed by atoms with Gasteiger partial charge in [-0.2, -0.15) is 0 Å². The molecule has 19 heavy (non-hydrogen) atoms. The first-order chi connectivity index (χ1) is 9.15. The summed E-state index contributed by atoms with van der Waals surface area (Å²) in [5.74, 6) is 0.547. The summed E-state index contributed by atoms with van der Waals surface area (Å²) in [5, 5.41) is 3.65. The van der Waals surface area contributed by atoms with Gasteiger partial charge in [-0.1, -0.05) is 11.6 Å². The second-order valence-electron chi connectivity index (χ2n) is 5.17. The third-order valence-corrected chi connectivity index (χ3v) is 4.64. The summed E-state index contributed by atoms with van der Waals surface area (Å²) < 4.78 is 6.49. The average Bonchev–Trinajstić information content (AvgIpc) is 3.13. The number of ether oxygens (including phenoxy) is 1. The molecule has 1 saturated heterocycles. The monoisotopic (exact) mass is 343 g/mol. The number of carbonyl (C=O) groups excluding carboxylic acids is 1. The predicted molar refractivity (Wildman–Crippen MR) is 77.5 cm³/mol. The molecule has 1 aliphatic heterocycles. The Morgan fingerprint density at radius 1 is 1.37 bits per heavy atom. The summed E-state index contributed by atoms with van der Waals surface area (Å²) in [6, 6.07) is 5.36. The van der Waals surface area contributed by atoms with E-state index in [2.05, 4.69) is 21.2 Å². The van der Waals surface area contributed by atoms with Crippen LogP contribution in [-0.2, 0) is 4.74 Å². The number of benzene rings is 1. The molecule has 2 atom stereocenters. The van der Waals surface area contributed by atoms with E-state index >= 15 is 0 Å². The summed E-state index contributed by atoms with van der Waals surface area (Å²) in [5.41, 5.74) is 0.578. The maximum atomic E-state index is 12.3. The van der Waals surface area contributed by atoms with Gasteiger partial charge in [0.15, 0.2) is 0 Å². The topological polar surface area (TPSA) is 38.3 Å². The van der Waals surface area contributed by atoms with E-state index in [1.54, 1.807) is 18.2 Å². The van der Waals surface area contributed by atoms with Crippen molar-refractivity contribution in [1.82, 2.24) is 5.32 Å². The Balaban J connectivity index is 1.72. The molecule has 3 nitrogen and oxygen atoms in total. The maximum absolute atomic E-state index is 12.3. The number of rotatable bonds is 3. The Morgan fingerprint density at radius 2 is 2.16 bits per heavy atom. The Morgan fingerprint density at radius 3 is 2.89 bits per heavy atom. The van der Waals surface area contributed by atoms with Crippen molar-refractivity contribution in [2.45, 2.75) is 31.4 Å². The minimum atomic E-state index is -0.0875. The summed E-state index contributed by atoms with van der Waals surface area (Å²) in [6.07, 6.45) is 3.53. The Hall–Kier alpha value is -0.580. The van der Waals surface area contributed by atoms with Gasteiger partial charge in [-0.05, 0) is 59.3 Å². The molecule has 1 amide bonds. The molecule has 1 aromatic rings. The first-order valence-corrected chi connectivity index (χ1v) is 7.70. The molecule has 1 saturated carbocycles. The van der Waals surface area contributed by atoms with Crippen molar-refractivity contribution >= 4 is 33.4 Å². The van der Waals surface area contributed by atoms with Crippen molar-refractivity contribution in [2.24, 2.45) is 5.92 Å². The average molecular weight is 345 g/mol. The quantitative estimate of drug-likeness (QED) is 0.912. The molecule has 1 N–H and O–H groups in total. The van der Waals surface area contributed by atoms with Gasteiger partial charge in [-0.3, -0.25) is 4.79 Å². The van der Waals surface area contributed by atoms with Crippen LogP contribution in [0.3, 0.4) is 0 Å². The number of halogens is 2. The fourth-order valence-corrected chi connectivity index (χ4v) is 3.17. The first-order valence-electron chi connectivity index (χ1n) is 6.52. The third kappa shape index (κ3) is 2.96. The predicted octanol–water partition coefficient (Wildman–Crippen LogP) is 3.40. The van der Waals surface area contributed by atoms with Crippen molar-refractivity contribution in [2.75, 3.05) is 6.61 Å². The molecule has 1 aliphatic carbocycles. The lowest BCUT2D eigenvalue weighted by Crippen LogP contribution is -2.41. The van der Waals surface area contributed by atoms with Gasteiger partial charge in [-0.15, -0.1) is 0 Å². The molecule has 1 heterocycles. The number of carbonyl (C=O) groups is 1. The molecule has 102 valence electrons. The molecule has 2 fully saturated rings. The minimum Gasteiger partial charge on any atom is -0.376 e. The van der Waals surface area contributed by atoms with Gasteiger partial charge in [0, 0.05) is 16.1 Å². The van der Waals surface area contributed by atoms with Crippen molar-refractivity contribution in [3.05, 3.63) is 33.3 Å². The van der Waals surface area contributed by atoms with Crippen LogP contribution < -0.4 is 5.32 Å². The Kier molecular flexibility index (Phi) is 3.83. The first kappa shape index (κ1) is 13.4. The number of hydrogen-bond acceptors (Lipinski definition) is 2. The molecule has 0 aromatic heterocycles. The van der Waals surface area contributed by atoms with Crippen LogP contribution in [0.5, 0.6) is 0 Å². The van der Waals surface area contributed by atoms with Crippen molar-refractivity contribution in [3.63, 3.8) is 0 Å². The lowest BCUT2D eigenvalue weighted by Gasteiger charge is -2.19. The third-order valence-electron chi connectivity index (χ3n) is 3.71. The zero-order valence-corrected chi connectivity index (χ0v) is 12.7.